The van der Waals surface area contributed by atoms with Gasteiger partial charge in [0.25, 0.3) is 5.91 Å². The van der Waals surface area contributed by atoms with Crippen LogP contribution in [0, 0.1) is 13.8 Å². The van der Waals surface area contributed by atoms with E-state index < -0.39 is 0 Å². The Labute approximate surface area is 166 Å². The largest absolute Gasteiger partial charge is 0.352 e. The molecule has 148 valence electrons. The highest BCUT2D eigenvalue weighted by atomic mass is 16.2. The zero-order chi connectivity index (χ0) is 19.9. The van der Waals surface area contributed by atoms with Gasteiger partial charge in [-0.1, -0.05) is 12.1 Å². The maximum Gasteiger partial charge on any atom is 0.251 e. The van der Waals surface area contributed by atoms with Crippen LogP contribution in [-0.4, -0.2) is 47.4 Å². The zero-order valence-corrected chi connectivity index (χ0v) is 16.6. The Morgan fingerprint density at radius 1 is 1.11 bits per heavy atom. The highest BCUT2D eigenvalue weighted by Crippen LogP contribution is 2.13. The lowest BCUT2D eigenvalue weighted by atomic mass is 10.0. The number of carbonyl (C=O) groups is 2. The summed E-state index contributed by atoms with van der Waals surface area (Å²) in [7, 11) is 0. The van der Waals surface area contributed by atoms with Crippen LogP contribution in [0.4, 0.5) is 0 Å². The van der Waals surface area contributed by atoms with E-state index in [2.05, 4.69) is 20.5 Å². The molecular formula is C22H28N4O2. The Bertz CT molecular complexity index is 815. The standard InChI is InChI=1S/C22H28N4O2/c1-16-6-7-18(13-17(16)2)22(28)24-14-21(27)25-19-8-11-26(12-9-19)15-20-5-3-4-10-23-20/h3-7,10,13,19H,8-9,11-12,14-15H2,1-2H3,(H,24,28)(H,25,27). The van der Waals surface area contributed by atoms with Gasteiger partial charge in [-0.05, 0) is 62.1 Å². The Balaban J connectivity index is 1.38. The van der Waals surface area contributed by atoms with Crippen molar-refractivity contribution in [2.45, 2.75) is 39.3 Å². The molecule has 1 aromatic carbocycles. The molecule has 2 amide bonds. The molecule has 2 N–H and O–H groups in total. The van der Waals surface area contributed by atoms with E-state index in [1.54, 1.807) is 6.07 Å². The summed E-state index contributed by atoms with van der Waals surface area (Å²) in [6.45, 7) is 6.67. The third-order valence-corrected chi connectivity index (χ3v) is 5.24. The Morgan fingerprint density at radius 3 is 2.57 bits per heavy atom. The van der Waals surface area contributed by atoms with Crippen LogP contribution in [0.15, 0.2) is 42.6 Å². The molecule has 6 nitrogen and oxygen atoms in total. The summed E-state index contributed by atoms with van der Waals surface area (Å²) in [6.07, 6.45) is 3.63. The number of pyridine rings is 1. The molecule has 6 heteroatoms. The summed E-state index contributed by atoms with van der Waals surface area (Å²) in [5.41, 5.74) is 3.86. The van der Waals surface area contributed by atoms with Gasteiger partial charge in [0.15, 0.2) is 0 Å². The first kappa shape index (κ1) is 20.0. The Hall–Kier alpha value is -2.73. The van der Waals surface area contributed by atoms with E-state index in [-0.39, 0.29) is 24.4 Å². The van der Waals surface area contributed by atoms with Gasteiger partial charge in [-0.15, -0.1) is 0 Å². The van der Waals surface area contributed by atoms with Crippen molar-refractivity contribution < 1.29 is 9.59 Å². The van der Waals surface area contributed by atoms with Gasteiger partial charge in [-0.2, -0.15) is 0 Å². The van der Waals surface area contributed by atoms with Crippen LogP contribution in [0.25, 0.3) is 0 Å². The van der Waals surface area contributed by atoms with Gasteiger partial charge in [0.2, 0.25) is 5.91 Å². The maximum absolute atomic E-state index is 12.2. The second kappa shape index (κ2) is 9.46. The lowest BCUT2D eigenvalue weighted by Gasteiger charge is -2.32. The fourth-order valence-electron chi connectivity index (χ4n) is 3.38. The number of nitrogens with zero attached hydrogens (tertiary/aromatic N) is 2. The summed E-state index contributed by atoms with van der Waals surface area (Å²) in [4.78, 5) is 31.1. The topological polar surface area (TPSA) is 74.3 Å². The van der Waals surface area contributed by atoms with Crippen molar-refractivity contribution in [1.29, 1.82) is 0 Å². The molecule has 0 atom stereocenters. The van der Waals surface area contributed by atoms with Crippen LogP contribution in [-0.2, 0) is 11.3 Å². The van der Waals surface area contributed by atoms with Crippen molar-refractivity contribution in [3.63, 3.8) is 0 Å². The number of piperidine rings is 1. The van der Waals surface area contributed by atoms with Crippen LogP contribution in [0.5, 0.6) is 0 Å². The van der Waals surface area contributed by atoms with Crippen LogP contribution in [0.3, 0.4) is 0 Å². The minimum Gasteiger partial charge on any atom is -0.352 e. The molecule has 0 saturated carbocycles. The van der Waals surface area contributed by atoms with E-state index in [9.17, 15) is 9.59 Å². The number of likely N-dealkylation sites (tertiary alicyclic amines) is 1. The number of aryl methyl sites for hydroxylation is 2. The summed E-state index contributed by atoms with van der Waals surface area (Å²) in [6, 6.07) is 11.7. The highest BCUT2D eigenvalue weighted by molar-refractivity contribution is 5.96. The summed E-state index contributed by atoms with van der Waals surface area (Å²) in [5, 5.41) is 5.74. The molecule has 2 heterocycles. The SMILES string of the molecule is Cc1ccc(C(=O)NCC(=O)NC2CCN(Cc3ccccn3)CC2)cc1C. The van der Waals surface area contributed by atoms with Crippen molar-refractivity contribution in [2.24, 2.45) is 0 Å². The van der Waals surface area contributed by atoms with E-state index in [1.165, 1.54) is 0 Å². The number of amides is 2. The molecule has 2 aromatic rings. The second-order valence-electron chi connectivity index (χ2n) is 7.42. The van der Waals surface area contributed by atoms with Gasteiger partial charge >= 0.3 is 0 Å². The Kier molecular flexibility index (Phi) is 6.76. The average molecular weight is 380 g/mol. The lowest BCUT2D eigenvalue weighted by Crippen LogP contribution is -2.47. The molecule has 1 saturated heterocycles. The first-order valence-corrected chi connectivity index (χ1v) is 9.78. The highest BCUT2D eigenvalue weighted by Gasteiger charge is 2.21. The fourth-order valence-corrected chi connectivity index (χ4v) is 3.38. The minimum atomic E-state index is -0.219. The second-order valence-corrected chi connectivity index (χ2v) is 7.42. The zero-order valence-electron chi connectivity index (χ0n) is 16.6. The number of aromatic nitrogens is 1. The number of carbonyl (C=O) groups excluding carboxylic acids is 2. The molecule has 0 radical (unpaired) electrons. The normalized spacial score (nSPS) is 15.2. The van der Waals surface area contributed by atoms with Crippen molar-refractivity contribution >= 4 is 11.8 Å². The molecule has 1 fully saturated rings. The molecular weight excluding hydrogens is 352 g/mol. The first-order chi connectivity index (χ1) is 13.5. The number of hydrogen-bond donors (Lipinski definition) is 2. The van der Waals surface area contributed by atoms with Crippen LogP contribution in [0.1, 0.15) is 40.0 Å². The monoisotopic (exact) mass is 380 g/mol. The minimum absolute atomic E-state index is 0.0000922. The van der Waals surface area contributed by atoms with Gasteiger partial charge in [0.05, 0.1) is 12.2 Å². The smallest absolute Gasteiger partial charge is 0.251 e. The number of benzene rings is 1. The molecule has 1 aromatic heterocycles. The average Bonchev–Trinajstić information content (AvgIpc) is 2.70. The summed E-state index contributed by atoms with van der Waals surface area (Å²) in [5.74, 6) is -0.358. The van der Waals surface area contributed by atoms with Crippen LogP contribution in [0.2, 0.25) is 0 Å². The molecule has 0 aliphatic carbocycles. The number of rotatable bonds is 6. The molecule has 0 unspecified atom stereocenters. The molecule has 1 aliphatic rings. The predicted octanol–water partition coefficient (Wildman–Crippen LogP) is 2.21. The van der Waals surface area contributed by atoms with E-state index in [1.807, 2.05) is 50.4 Å². The molecule has 0 spiro atoms. The number of nitrogens with one attached hydrogen (secondary N) is 2. The van der Waals surface area contributed by atoms with Crippen molar-refractivity contribution in [1.82, 2.24) is 20.5 Å². The van der Waals surface area contributed by atoms with E-state index in [0.29, 0.717) is 5.56 Å². The van der Waals surface area contributed by atoms with Gasteiger partial charge in [0, 0.05) is 37.4 Å². The lowest BCUT2D eigenvalue weighted by molar-refractivity contribution is -0.121. The van der Waals surface area contributed by atoms with Gasteiger partial charge in [-0.25, -0.2) is 0 Å². The van der Waals surface area contributed by atoms with Crippen LogP contribution >= 0.6 is 0 Å². The fraction of sp³-hybridized carbons (Fsp3) is 0.409. The van der Waals surface area contributed by atoms with E-state index >= 15 is 0 Å². The van der Waals surface area contributed by atoms with Gasteiger partial charge in [-0.3, -0.25) is 19.5 Å². The molecule has 1 aliphatic heterocycles. The summed E-state index contributed by atoms with van der Waals surface area (Å²) < 4.78 is 0. The van der Waals surface area contributed by atoms with E-state index in [4.69, 9.17) is 0 Å². The van der Waals surface area contributed by atoms with Crippen molar-refractivity contribution in [3.8, 4) is 0 Å². The Morgan fingerprint density at radius 2 is 1.89 bits per heavy atom. The summed E-state index contributed by atoms with van der Waals surface area (Å²) >= 11 is 0. The van der Waals surface area contributed by atoms with Crippen molar-refractivity contribution in [2.75, 3.05) is 19.6 Å². The van der Waals surface area contributed by atoms with Crippen LogP contribution < -0.4 is 10.6 Å². The third kappa shape index (κ3) is 5.63. The van der Waals surface area contributed by atoms with Gasteiger partial charge < -0.3 is 10.6 Å². The first-order valence-electron chi connectivity index (χ1n) is 9.78. The molecule has 3 rings (SSSR count). The van der Waals surface area contributed by atoms with Crippen molar-refractivity contribution in [3.05, 3.63) is 65.0 Å². The third-order valence-electron chi connectivity index (χ3n) is 5.24. The quantitative estimate of drug-likeness (QED) is 0.806. The predicted molar refractivity (Wildman–Crippen MR) is 109 cm³/mol. The molecule has 28 heavy (non-hydrogen) atoms. The number of hydrogen-bond acceptors (Lipinski definition) is 4. The van der Waals surface area contributed by atoms with E-state index in [0.717, 1.165) is 49.3 Å². The van der Waals surface area contributed by atoms with Gasteiger partial charge in [0.1, 0.15) is 0 Å². The molecule has 0 bridgehead atoms. The maximum atomic E-state index is 12.2.